The molecule has 36 heavy (non-hydrogen) atoms. The number of carbonyl (C=O) groups excluding carboxylic acids is 2. The van der Waals surface area contributed by atoms with E-state index in [1.165, 1.54) is 6.07 Å². The topological polar surface area (TPSA) is 94.3 Å². The molecule has 1 aliphatic heterocycles. The lowest BCUT2D eigenvalue weighted by molar-refractivity contribution is -0.137. The van der Waals surface area contributed by atoms with Crippen molar-refractivity contribution in [2.45, 2.75) is 49.9 Å². The number of nitrogens with one attached hydrogen (secondary N) is 3. The molecule has 3 N–H and O–H groups in total. The largest absolute Gasteiger partial charge is 0.416 e. The van der Waals surface area contributed by atoms with Gasteiger partial charge in [0.05, 0.1) is 18.2 Å². The number of likely N-dealkylation sites (tertiary alicyclic amines) is 1. The number of amides is 2. The van der Waals surface area contributed by atoms with Crippen LogP contribution in [-0.4, -0.2) is 53.4 Å². The molecule has 0 atom stereocenters. The van der Waals surface area contributed by atoms with Crippen LogP contribution in [0.4, 0.5) is 13.2 Å². The molecule has 1 aromatic carbocycles. The van der Waals surface area contributed by atoms with Gasteiger partial charge in [0.25, 0.3) is 11.5 Å². The summed E-state index contributed by atoms with van der Waals surface area (Å²) < 4.78 is 38.5. The van der Waals surface area contributed by atoms with Gasteiger partial charge in [0.15, 0.2) is 0 Å². The molecule has 7 nitrogen and oxygen atoms in total. The fourth-order valence-corrected chi connectivity index (χ4v) is 4.92. The van der Waals surface area contributed by atoms with Gasteiger partial charge >= 0.3 is 6.18 Å². The fraction of sp³-hybridized carbons (Fsp3) is 0.423. The number of halogens is 3. The number of pyridine rings is 1. The van der Waals surface area contributed by atoms with Crippen molar-refractivity contribution in [2.75, 3.05) is 19.6 Å². The van der Waals surface area contributed by atoms with E-state index in [0.29, 0.717) is 24.7 Å². The van der Waals surface area contributed by atoms with Crippen LogP contribution >= 0.6 is 0 Å². The molecular formula is C26H27F3N4O3. The summed E-state index contributed by atoms with van der Waals surface area (Å²) in [5.74, 6) is 1.60. The summed E-state index contributed by atoms with van der Waals surface area (Å²) in [7, 11) is 0. The maximum absolute atomic E-state index is 12.8. The Labute approximate surface area is 206 Å². The van der Waals surface area contributed by atoms with Gasteiger partial charge in [0.1, 0.15) is 0 Å². The van der Waals surface area contributed by atoms with Crippen molar-refractivity contribution in [1.29, 1.82) is 0 Å². The Morgan fingerprint density at radius 3 is 2.53 bits per heavy atom. The van der Waals surface area contributed by atoms with Crippen LogP contribution in [0.1, 0.15) is 58.6 Å². The predicted molar refractivity (Wildman–Crippen MR) is 127 cm³/mol. The van der Waals surface area contributed by atoms with Gasteiger partial charge in [-0.05, 0) is 55.9 Å². The number of nitrogens with zero attached hydrogens (tertiary/aromatic N) is 1. The molecule has 2 aromatic rings. The Morgan fingerprint density at radius 2 is 1.86 bits per heavy atom. The number of hydrogen-bond donors (Lipinski definition) is 3. The highest BCUT2D eigenvalue weighted by molar-refractivity contribution is 5.96. The third-order valence-corrected chi connectivity index (χ3v) is 6.89. The smallest absolute Gasteiger partial charge is 0.349 e. The number of carbonyl (C=O) groups is 2. The van der Waals surface area contributed by atoms with Crippen molar-refractivity contribution in [2.24, 2.45) is 0 Å². The van der Waals surface area contributed by atoms with Gasteiger partial charge in [0.2, 0.25) is 5.91 Å². The van der Waals surface area contributed by atoms with Gasteiger partial charge in [-0.1, -0.05) is 12.0 Å². The molecule has 0 spiro atoms. The van der Waals surface area contributed by atoms with Crippen LogP contribution in [0.25, 0.3) is 0 Å². The Balaban J connectivity index is 1.18. The number of terminal acetylenes is 1. The lowest BCUT2D eigenvalue weighted by atomic mass is 9.80. The second-order valence-corrected chi connectivity index (χ2v) is 9.30. The summed E-state index contributed by atoms with van der Waals surface area (Å²) in [6.07, 6.45) is 6.10. The molecule has 4 rings (SSSR count). The molecule has 0 radical (unpaired) electrons. The van der Waals surface area contributed by atoms with Gasteiger partial charge in [-0.2, -0.15) is 13.2 Å². The first-order chi connectivity index (χ1) is 17.1. The minimum Gasteiger partial charge on any atom is -0.349 e. The highest BCUT2D eigenvalue weighted by Gasteiger charge is 2.36. The van der Waals surface area contributed by atoms with Gasteiger partial charge in [-0.3, -0.25) is 19.3 Å². The number of rotatable bonds is 6. The van der Waals surface area contributed by atoms with Crippen molar-refractivity contribution in [3.8, 4) is 12.3 Å². The number of H-pyrrole nitrogens is 1. The highest BCUT2D eigenvalue weighted by Crippen LogP contribution is 2.35. The molecule has 0 unspecified atom stereocenters. The van der Waals surface area contributed by atoms with E-state index in [2.05, 4.69) is 26.4 Å². The van der Waals surface area contributed by atoms with Crippen molar-refractivity contribution in [1.82, 2.24) is 20.5 Å². The SMILES string of the molecule is C#Cc1c[nH]c(=O)c(C2CCC(N3CC(NC(=O)CNC(=O)c4cccc(C(F)(F)F)c4)C3)CC2)c1. The number of hydrogen-bond acceptors (Lipinski definition) is 4. The summed E-state index contributed by atoms with van der Waals surface area (Å²) in [5.41, 5.74) is 0.236. The minimum atomic E-state index is -4.55. The third-order valence-electron chi connectivity index (χ3n) is 6.89. The molecule has 190 valence electrons. The van der Waals surface area contributed by atoms with E-state index < -0.39 is 23.6 Å². The normalized spacial score (nSPS) is 20.7. The van der Waals surface area contributed by atoms with E-state index in [0.717, 1.165) is 49.4 Å². The van der Waals surface area contributed by atoms with Crippen LogP contribution in [0.15, 0.2) is 41.3 Å². The van der Waals surface area contributed by atoms with Crippen LogP contribution in [0.3, 0.4) is 0 Å². The summed E-state index contributed by atoms with van der Waals surface area (Å²) in [4.78, 5) is 41.6. The first kappa shape index (κ1) is 25.5. The second-order valence-electron chi connectivity index (χ2n) is 9.30. The number of alkyl halides is 3. The summed E-state index contributed by atoms with van der Waals surface area (Å²) >= 11 is 0. The maximum atomic E-state index is 12.8. The molecule has 1 aliphatic carbocycles. The number of aromatic nitrogens is 1. The Kier molecular flexibility index (Phi) is 7.50. The summed E-state index contributed by atoms with van der Waals surface area (Å²) in [6, 6.07) is 6.19. The van der Waals surface area contributed by atoms with Crippen molar-refractivity contribution in [3.05, 3.63) is 69.1 Å². The van der Waals surface area contributed by atoms with E-state index in [4.69, 9.17) is 6.42 Å². The first-order valence-electron chi connectivity index (χ1n) is 11.8. The molecule has 1 aromatic heterocycles. The van der Waals surface area contributed by atoms with E-state index in [1.54, 1.807) is 12.3 Å². The van der Waals surface area contributed by atoms with E-state index in [9.17, 15) is 27.6 Å². The van der Waals surface area contributed by atoms with Crippen LogP contribution in [0.5, 0.6) is 0 Å². The average Bonchev–Trinajstić information content (AvgIpc) is 2.84. The number of aromatic amines is 1. The van der Waals surface area contributed by atoms with E-state index in [-0.39, 0.29) is 29.6 Å². The van der Waals surface area contributed by atoms with Crippen LogP contribution < -0.4 is 16.2 Å². The van der Waals surface area contributed by atoms with Crippen LogP contribution in [0.2, 0.25) is 0 Å². The van der Waals surface area contributed by atoms with Crippen LogP contribution in [0, 0.1) is 12.3 Å². The van der Waals surface area contributed by atoms with Crippen molar-refractivity contribution >= 4 is 11.8 Å². The lowest BCUT2D eigenvalue weighted by Gasteiger charge is -2.46. The lowest BCUT2D eigenvalue weighted by Crippen LogP contribution is -2.63. The maximum Gasteiger partial charge on any atom is 0.416 e. The Hall–Kier alpha value is -3.58. The highest BCUT2D eigenvalue weighted by atomic mass is 19.4. The molecule has 0 bridgehead atoms. The average molecular weight is 501 g/mol. The molecule has 10 heteroatoms. The number of benzene rings is 1. The molecule has 1 saturated carbocycles. The first-order valence-corrected chi connectivity index (χ1v) is 11.8. The quantitative estimate of drug-likeness (QED) is 0.532. The summed E-state index contributed by atoms with van der Waals surface area (Å²) in [5, 5.41) is 5.21. The van der Waals surface area contributed by atoms with Gasteiger partial charge in [-0.15, -0.1) is 6.42 Å². The molecular weight excluding hydrogens is 473 g/mol. The fourth-order valence-electron chi connectivity index (χ4n) is 4.92. The molecule has 2 aliphatic rings. The monoisotopic (exact) mass is 500 g/mol. The second kappa shape index (κ2) is 10.6. The van der Waals surface area contributed by atoms with Crippen LogP contribution in [-0.2, 0) is 11.0 Å². The zero-order chi connectivity index (χ0) is 25.9. The third kappa shape index (κ3) is 5.97. The summed E-state index contributed by atoms with van der Waals surface area (Å²) in [6.45, 7) is 1.06. The molecule has 2 fully saturated rings. The Bertz CT molecular complexity index is 1220. The zero-order valence-electron chi connectivity index (χ0n) is 19.5. The molecule has 1 saturated heterocycles. The standard InChI is InChI=1S/C26H27F3N4O3/c1-2-16-10-22(25(36)30-12-16)17-6-8-21(9-7-17)33-14-20(15-33)32-23(34)13-31-24(35)18-4-3-5-19(11-18)26(27,28)29/h1,3-5,10-12,17,20-21H,6-9,13-15H2,(H,30,36)(H,31,35)(H,32,34). The van der Waals surface area contributed by atoms with Gasteiger partial charge in [-0.25, -0.2) is 0 Å². The zero-order valence-corrected chi connectivity index (χ0v) is 19.5. The van der Waals surface area contributed by atoms with Crippen molar-refractivity contribution in [3.63, 3.8) is 0 Å². The van der Waals surface area contributed by atoms with E-state index in [1.807, 2.05) is 0 Å². The minimum absolute atomic E-state index is 0.0455. The predicted octanol–water partition coefficient (Wildman–Crippen LogP) is 2.63. The molecule has 2 amide bonds. The van der Waals surface area contributed by atoms with Gasteiger partial charge in [0, 0.05) is 42.0 Å². The Morgan fingerprint density at radius 1 is 1.14 bits per heavy atom. The van der Waals surface area contributed by atoms with Gasteiger partial charge < -0.3 is 15.6 Å². The molecule has 2 heterocycles. The van der Waals surface area contributed by atoms with Crippen molar-refractivity contribution < 1.29 is 22.8 Å². The van der Waals surface area contributed by atoms with E-state index >= 15 is 0 Å².